The van der Waals surface area contributed by atoms with Crippen LogP contribution in [0.5, 0.6) is 0 Å². The summed E-state index contributed by atoms with van der Waals surface area (Å²) in [5.74, 6) is 0.0723. The van der Waals surface area contributed by atoms with E-state index >= 15 is 0 Å². The van der Waals surface area contributed by atoms with E-state index in [1.165, 1.54) is 24.8 Å². The Hall–Kier alpha value is -1.01. The number of nitrogens with zero attached hydrogens (tertiary/aromatic N) is 1. The summed E-state index contributed by atoms with van der Waals surface area (Å²) < 4.78 is 0. The maximum atomic E-state index is 11.5. The molecule has 0 unspecified atom stereocenters. The van der Waals surface area contributed by atoms with Crippen LogP contribution in [-0.4, -0.2) is 24.9 Å². The van der Waals surface area contributed by atoms with Crippen molar-refractivity contribution in [1.29, 1.82) is 0 Å². The molecule has 14 heavy (non-hydrogen) atoms. The van der Waals surface area contributed by atoms with E-state index in [1.54, 1.807) is 19.0 Å². The number of carbonyl (C=O) groups is 1. The van der Waals surface area contributed by atoms with Crippen molar-refractivity contribution in [2.24, 2.45) is 0 Å². The predicted molar refractivity (Wildman–Crippen MR) is 58.0 cm³/mol. The lowest BCUT2D eigenvalue weighted by atomic mass is 9.95. The van der Waals surface area contributed by atoms with E-state index in [0.29, 0.717) is 0 Å². The fraction of sp³-hybridized carbons (Fsp3) is 0.667. The van der Waals surface area contributed by atoms with Gasteiger partial charge in [-0.05, 0) is 38.2 Å². The highest BCUT2D eigenvalue weighted by molar-refractivity contribution is 5.92. The average Bonchev–Trinajstić information content (AvgIpc) is 2.18. The lowest BCUT2D eigenvalue weighted by molar-refractivity contribution is -0.124. The van der Waals surface area contributed by atoms with Crippen LogP contribution >= 0.6 is 0 Å². The molecule has 0 atom stereocenters. The van der Waals surface area contributed by atoms with Crippen LogP contribution < -0.4 is 0 Å². The third-order valence-electron chi connectivity index (χ3n) is 2.55. The molecule has 0 N–H and O–H groups in total. The zero-order valence-electron chi connectivity index (χ0n) is 9.39. The fourth-order valence-corrected chi connectivity index (χ4v) is 1.76. The first-order valence-electron chi connectivity index (χ1n) is 5.28. The number of carbonyl (C=O) groups excluding carboxylic acids is 1. The Morgan fingerprint density at radius 2 is 1.79 bits per heavy atom. The van der Waals surface area contributed by atoms with E-state index in [-0.39, 0.29) is 5.91 Å². The molecule has 1 aliphatic rings. The van der Waals surface area contributed by atoms with E-state index in [4.69, 9.17) is 0 Å². The minimum Gasteiger partial charge on any atom is -0.345 e. The van der Waals surface area contributed by atoms with Gasteiger partial charge < -0.3 is 4.90 Å². The number of rotatable bonds is 1. The third kappa shape index (κ3) is 3.04. The molecule has 0 spiro atoms. The van der Waals surface area contributed by atoms with Crippen molar-refractivity contribution in [3.8, 4) is 0 Å². The van der Waals surface area contributed by atoms with E-state index in [0.717, 1.165) is 18.4 Å². The van der Waals surface area contributed by atoms with E-state index in [9.17, 15) is 4.79 Å². The van der Waals surface area contributed by atoms with Crippen LogP contribution in [-0.2, 0) is 4.79 Å². The molecule has 0 aromatic carbocycles. The maximum Gasteiger partial charge on any atom is 0.256 e. The van der Waals surface area contributed by atoms with Crippen LogP contribution in [0.2, 0.25) is 0 Å². The molecule has 0 saturated heterocycles. The summed E-state index contributed by atoms with van der Waals surface area (Å²) in [6.45, 7) is 1.85. The van der Waals surface area contributed by atoms with Crippen molar-refractivity contribution in [2.75, 3.05) is 14.1 Å². The Morgan fingerprint density at radius 1 is 1.21 bits per heavy atom. The number of amides is 1. The van der Waals surface area contributed by atoms with Crippen molar-refractivity contribution in [3.63, 3.8) is 0 Å². The van der Waals surface area contributed by atoms with E-state index < -0.39 is 0 Å². The van der Waals surface area contributed by atoms with Crippen LogP contribution in [0.15, 0.2) is 16.9 Å². The zero-order valence-corrected chi connectivity index (χ0v) is 9.39. The monoisotopic (exact) mass is 193 g/mol. The van der Waals surface area contributed by atoms with Gasteiger partial charge in [0.05, 0.1) is 5.57 Å². The van der Waals surface area contributed by atoms with Crippen LogP contribution in [0.3, 0.4) is 0 Å². The van der Waals surface area contributed by atoms with Crippen LogP contribution in [0, 0.1) is 0 Å². The second-order valence-corrected chi connectivity index (χ2v) is 4.11. The summed E-state index contributed by atoms with van der Waals surface area (Å²) in [5.41, 5.74) is 5.31. The van der Waals surface area contributed by atoms with Gasteiger partial charge in [0.2, 0.25) is 0 Å². The first kappa shape index (κ1) is 11.1. The highest BCUT2D eigenvalue weighted by Gasteiger charge is 2.08. The largest absolute Gasteiger partial charge is 0.345 e. The Kier molecular flexibility index (Phi) is 3.97. The molecule has 2 heteroatoms. The van der Waals surface area contributed by atoms with Gasteiger partial charge in [-0.2, -0.15) is 0 Å². The van der Waals surface area contributed by atoms with Gasteiger partial charge in [0.15, 0.2) is 0 Å². The summed E-state index contributed by atoms with van der Waals surface area (Å²) in [7, 11) is 3.55. The highest BCUT2D eigenvalue weighted by atomic mass is 16.2. The molecule has 1 saturated carbocycles. The Morgan fingerprint density at radius 3 is 2.29 bits per heavy atom. The quantitative estimate of drug-likeness (QED) is 0.463. The molecule has 1 aliphatic carbocycles. The van der Waals surface area contributed by atoms with Gasteiger partial charge in [-0.3, -0.25) is 4.79 Å². The molecular weight excluding hydrogens is 174 g/mol. The third-order valence-corrected chi connectivity index (χ3v) is 2.55. The summed E-state index contributed by atoms with van der Waals surface area (Å²) in [4.78, 5) is 13.1. The highest BCUT2D eigenvalue weighted by Crippen LogP contribution is 2.22. The van der Waals surface area contributed by atoms with Crippen LogP contribution in [0.1, 0.15) is 39.0 Å². The summed E-state index contributed by atoms with van der Waals surface area (Å²) in [5, 5.41) is 0. The predicted octanol–water partition coefficient (Wildman–Crippen LogP) is 2.51. The first-order chi connectivity index (χ1) is 6.61. The van der Waals surface area contributed by atoms with Gasteiger partial charge in [0.1, 0.15) is 0 Å². The second-order valence-electron chi connectivity index (χ2n) is 4.11. The molecule has 1 fully saturated rings. The van der Waals surface area contributed by atoms with Gasteiger partial charge >= 0.3 is 0 Å². The molecule has 0 aromatic rings. The normalized spacial score (nSPS) is 16.1. The Balaban J connectivity index is 2.78. The van der Waals surface area contributed by atoms with E-state index in [1.807, 2.05) is 6.92 Å². The number of hydrogen-bond donors (Lipinski definition) is 0. The lowest BCUT2D eigenvalue weighted by Crippen LogP contribution is -2.22. The molecular formula is C12H19NO. The van der Waals surface area contributed by atoms with Crippen LogP contribution in [0.4, 0.5) is 0 Å². The van der Waals surface area contributed by atoms with E-state index in [2.05, 4.69) is 5.73 Å². The summed E-state index contributed by atoms with van der Waals surface area (Å²) in [6.07, 6.45) is 6.08. The molecule has 0 bridgehead atoms. The Labute approximate surface area is 86.3 Å². The van der Waals surface area contributed by atoms with Gasteiger partial charge in [-0.25, -0.2) is 0 Å². The van der Waals surface area contributed by atoms with Gasteiger partial charge in [-0.15, -0.1) is 5.73 Å². The fourth-order valence-electron chi connectivity index (χ4n) is 1.76. The minimum atomic E-state index is 0.0723. The summed E-state index contributed by atoms with van der Waals surface area (Å²) >= 11 is 0. The van der Waals surface area contributed by atoms with Crippen molar-refractivity contribution in [3.05, 3.63) is 16.9 Å². The molecule has 0 radical (unpaired) electrons. The standard InChI is InChI=1S/C12H19NO/c1-10(12(14)13(2)3)9-11-7-5-4-6-8-11/h4-8H2,1-3H3. The van der Waals surface area contributed by atoms with Gasteiger partial charge in [0.25, 0.3) is 5.91 Å². The van der Waals surface area contributed by atoms with Gasteiger partial charge in [0, 0.05) is 14.1 Å². The van der Waals surface area contributed by atoms with Crippen molar-refractivity contribution < 1.29 is 4.79 Å². The number of likely N-dealkylation sites (N-methyl/N-ethyl adjacent to an activating group) is 1. The molecule has 1 rings (SSSR count). The molecule has 2 nitrogen and oxygen atoms in total. The SMILES string of the molecule is CC(=C=C1CCCCC1)C(=O)N(C)C. The lowest BCUT2D eigenvalue weighted by Gasteiger charge is -2.12. The van der Waals surface area contributed by atoms with Crippen molar-refractivity contribution >= 4 is 5.91 Å². The molecule has 0 heterocycles. The van der Waals surface area contributed by atoms with Crippen molar-refractivity contribution in [1.82, 2.24) is 4.90 Å². The zero-order chi connectivity index (χ0) is 10.6. The molecule has 1 amide bonds. The first-order valence-corrected chi connectivity index (χ1v) is 5.28. The molecule has 78 valence electrons. The topological polar surface area (TPSA) is 20.3 Å². The number of hydrogen-bond acceptors (Lipinski definition) is 1. The summed E-state index contributed by atoms with van der Waals surface area (Å²) in [6, 6.07) is 0. The average molecular weight is 193 g/mol. The minimum absolute atomic E-state index is 0.0723. The van der Waals surface area contributed by atoms with Crippen LogP contribution in [0.25, 0.3) is 0 Å². The molecule has 0 aromatic heterocycles. The smallest absolute Gasteiger partial charge is 0.256 e. The maximum absolute atomic E-state index is 11.5. The van der Waals surface area contributed by atoms with Crippen molar-refractivity contribution in [2.45, 2.75) is 39.0 Å². The van der Waals surface area contributed by atoms with Gasteiger partial charge in [-0.1, -0.05) is 6.42 Å². The second kappa shape index (κ2) is 5.02. The Bertz CT molecular complexity index is 275. The molecule has 0 aliphatic heterocycles.